The van der Waals surface area contributed by atoms with Gasteiger partial charge < -0.3 is 19.8 Å². The van der Waals surface area contributed by atoms with E-state index in [-0.39, 0.29) is 19.1 Å². The van der Waals surface area contributed by atoms with Gasteiger partial charge in [0.1, 0.15) is 13.2 Å². The van der Waals surface area contributed by atoms with Crippen LogP contribution in [0.5, 0.6) is 0 Å². The molecule has 0 saturated heterocycles. The lowest BCUT2D eigenvalue weighted by atomic mass is 10.1. The smallest absolute Gasteiger partial charge is 0.387 e. The molecule has 0 saturated carbocycles. The maximum absolute atomic E-state index is 12.8. The van der Waals surface area contributed by atoms with Crippen molar-refractivity contribution in [2.75, 3.05) is 40.9 Å². The molecule has 8 nitrogen and oxygen atoms in total. The van der Waals surface area contributed by atoms with E-state index in [0.29, 0.717) is 17.4 Å². The van der Waals surface area contributed by atoms with E-state index in [2.05, 4.69) is 43.5 Å². The first-order chi connectivity index (χ1) is 23.0. The van der Waals surface area contributed by atoms with Gasteiger partial charge >= 0.3 is 7.82 Å². The van der Waals surface area contributed by atoms with Crippen molar-refractivity contribution in [2.24, 2.45) is 0 Å². The van der Waals surface area contributed by atoms with Crippen LogP contribution in [-0.4, -0.2) is 73.4 Å². The number of hydrogen-bond donors (Lipinski definition) is 3. The molecule has 0 aromatic carbocycles. The molecular weight excluding hydrogens is 623 g/mol. The van der Waals surface area contributed by atoms with E-state index in [4.69, 9.17) is 9.05 Å². The Hall–Kier alpha value is -1.28. The van der Waals surface area contributed by atoms with Crippen molar-refractivity contribution in [3.05, 3.63) is 36.5 Å². The molecule has 48 heavy (non-hydrogen) atoms. The summed E-state index contributed by atoms with van der Waals surface area (Å²) in [5, 5.41) is 13.7. The van der Waals surface area contributed by atoms with E-state index in [9.17, 15) is 19.4 Å². The van der Waals surface area contributed by atoms with E-state index >= 15 is 0 Å². The van der Waals surface area contributed by atoms with Crippen LogP contribution >= 0.6 is 7.82 Å². The van der Waals surface area contributed by atoms with Gasteiger partial charge in [-0.25, -0.2) is 4.57 Å². The molecule has 0 radical (unpaired) electrons. The molecule has 0 aromatic rings. The lowest BCUT2D eigenvalue weighted by molar-refractivity contribution is -0.870. The third-order valence-corrected chi connectivity index (χ3v) is 9.32. The van der Waals surface area contributed by atoms with Crippen LogP contribution in [0, 0.1) is 0 Å². The van der Waals surface area contributed by atoms with Crippen molar-refractivity contribution in [1.29, 1.82) is 0 Å². The normalized spacial score (nSPS) is 15.1. The standard InChI is InChI=1S/C39H75N2O6P/c1-6-8-10-12-14-16-18-20-21-22-24-26-28-30-32-38(42)37(36-47-48(44,45)46-35-34-41(3,4)5)40-39(43)33-31-29-27-25-23-19-17-15-13-11-9-7-2/h15,17,22,24,30,32,37-38,42H,6-14,16,18-21,23,25-29,31,33-36H2,1-5H3,(H-,40,43,44,45)/p+1/b17-15-,24-22+,32-30+. The van der Waals surface area contributed by atoms with E-state index in [0.717, 1.165) is 51.4 Å². The molecule has 0 aliphatic rings. The molecule has 0 bridgehead atoms. The summed E-state index contributed by atoms with van der Waals surface area (Å²) in [6.07, 6.45) is 36.4. The summed E-state index contributed by atoms with van der Waals surface area (Å²) in [7, 11) is 1.54. The minimum absolute atomic E-state index is 0.0541. The lowest BCUT2D eigenvalue weighted by Gasteiger charge is -2.25. The number of nitrogens with zero attached hydrogens (tertiary/aromatic N) is 1. The molecule has 282 valence electrons. The van der Waals surface area contributed by atoms with Gasteiger partial charge in [-0.1, -0.05) is 127 Å². The molecular formula is C39H76N2O6P+. The Kier molecular flexibility index (Phi) is 30.8. The number of aliphatic hydroxyl groups excluding tert-OH is 1. The first-order valence-electron chi connectivity index (χ1n) is 19.4. The van der Waals surface area contributed by atoms with Crippen molar-refractivity contribution in [1.82, 2.24) is 5.32 Å². The van der Waals surface area contributed by atoms with Crippen molar-refractivity contribution in [3.8, 4) is 0 Å². The summed E-state index contributed by atoms with van der Waals surface area (Å²) in [5.74, 6) is -0.200. The molecule has 0 spiro atoms. The van der Waals surface area contributed by atoms with Gasteiger partial charge in [-0.3, -0.25) is 13.8 Å². The zero-order chi connectivity index (χ0) is 35.8. The largest absolute Gasteiger partial charge is 0.472 e. The SMILES string of the molecule is CCCCC/C=C\CCCCCCCC(=O)NC(COP(=O)(O)OCC[N+](C)(C)C)C(O)/C=C/CC/C=C/CCCCCCCCCC. The molecule has 0 aromatic heterocycles. The third kappa shape index (κ3) is 33.2. The van der Waals surface area contributed by atoms with Crippen LogP contribution in [0.2, 0.25) is 0 Å². The summed E-state index contributed by atoms with van der Waals surface area (Å²) in [6.45, 7) is 4.73. The molecule has 0 heterocycles. The number of unbranched alkanes of at least 4 members (excludes halogenated alkanes) is 17. The number of quaternary nitrogens is 1. The third-order valence-electron chi connectivity index (χ3n) is 8.33. The fourth-order valence-corrected chi connectivity index (χ4v) is 5.90. The van der Waals surface area contributed by atoms with Crippen LogP contribution in [0.15, 0.2) is 36.5 Å². The first-order valence-corrected chi connectivity index (χ1v) is 20.9. The number of phosphoric acid groups is 1. The Morgan fingerprint density at radius 2 is 1.15 bits per heavy atom. The number of aliphatic hydroxyl groups is 1. The average molecular weight is 700 g/mol. The summed E-state index contributed by atoms with van der Waals surface area (Å²) >= 11 is 0. The molecule has 0 rings (SSSR count). The highest BCUT2D eigenvalue weighted by Crippen LogP contribution is 2.43. The summed E-state index contributed by atoms with van der Waals surface area (Å²) in [5.41, 5.74) is 0. The van der Waals surface area contributed by atoms with E-state index in [1.807, 2.05) is 27.2 Å². The summed E-state index contributed by atoms with van der Waals surface area (Å²) < 4.78 is 23.4. The maximum Gasteiger partial charge on any atom is 0.472 e. The molecule has 9 heteroatoms. The fraction of sp³-hybridized carbons (Fsp3) is 0.821. The van der Waals surface area contributed by atoms with Crippen molar-refractivity contribution in [2.45, 2.75) is 167 Å². The van der Waals surface area contributed by atoms with Crippen molar-refractivity contribution in [3.63, 3.8) is 0 Å². The second-order valence-corrected chi connectivity index (χ2v) is 15.7. The van der Waals surface area contributed by atoms with Crippen LogP contribution in [0.1, 0.15) is 155 Å². The molecule has 0 aliphatic carbocycles. The second-order valence-electron chi connectivity index (χ2n) is 14.3. The van der Waals surface area contributed by atoms with Crippen LogP contribution < -0.4 is 5.32 Å². The monoisotopic (exact) mass is 700 g/mol. The van der Waals surface area contributed by atoms with Gasteiger partial charge in [-0.05, 0) is 57.8 Å². The molecule has 3 N–H and O–H groups in total. The minimum Gasteiger partial charge on any atom is -0.387 e. The number of likely N-dealkylation sites (N-methyl/N-ethyl adjacent to an activating group) is 1. The number of carbonyl (C=O) groups excluding carboxylic acids is 1. The van der Waals surface area contributed by atoms with Crippen molar-refractivity contribution < 1.29 is 32.9 Å². The molecule has 3 atom stereocenters. The van der Waals surface area contributed by atoms with Gasteiger partial charge in [0.2, 0.25) is 5.91 Å². The van der Waals surface area contributed by atoms with Gasteiger partial charge in [0, 0.05) is 6.42 Å². The Bertz CT molecular complexity index is 886. The first kappa shape index (κ1) is 46.7. The minimum atomic E-state index is -4.34. The number of nitrogens with one attached hydrogen (secondary N) is 1. The van der Waals surface area contributed by atoms with Crippen LogP contribution in [0.25, 0.3) is 0 Å². The average Bonchev–Trinajstić information content (AvgIpc) is 3.02. The Labute approximate surface area is 296 Å². The zero-order valence-electron chi connectivity index (χ0n) is 31.7. The highest BCUT2D eigenvalue weighted by molar-refractivity contribution is 7.47. The quantitative estimate of drug-likeness (QED) is 0.0267. The topological polar surface area (TPSA) is 105 Å². The Morgan fingerprint density at radius 3 is 1.71 bits per heavy atom. The van der Waals surface area contributed by atoms with Crippen LogP contribution in [-0.2, 0) is 18.4 Å². The van der Waals surface area contributed by atoms with E-state index in [1.165, 1.54) is 83.5 Å². The highest BCUT2D eigenvalue weighted by Gasteiger charge is 2.27. The zero-order valence-corrected chi connectivity index (χ0v) is 32.6. The maximum atomic E-state index is 12.8. The predicted molar refractivity (Wildman–Crippen MR) is 203 cm³/mol. The van der Waals surface area contributed by atoms with E-state index < -0.39 is 20.0 Å². The summed E-state index contributed by atoms with van der Waals surface area (Å²) in [4.78, 5) is 23.0. The van der Waals surface area contributed by atoms with Gasteiger partial charge in [-0.15, -0.1) is 0 Å². The van der Waals surface area contributed by atoms with E-state index in [1.54, 1.807) is 6.08 Å². The second kappa shape index (κ2) is 31.7. The number of phosphoric ester groups is 1. The number of hydrogen-bond acceptors (Lipinski definition) is 5. The number of carbonyl (C=O) groups is 1. The Balaban J connectivity index is 4.61. The molecule has 0 aliphatic heterocycles. The lowest BCUT2D eigenvalue weighted by Crippen LogP contribution is -2.45. The van der Waals surface area contributed by atoms with Crippen LogP contribution in [0.4, 0.5) is 0 Å². The van der Waals surface area contributed by atoms with Crippen LogP contribution in [0.3, 0.4) is 0 Å². The highest BCUT2D eigenvalue weighted by atomic mass is 31.2. The van der Waals surface area contributed by atoms with Crippen molar-refractivity contribution >= 4 is 13.7 Å². The van der Waals surface area contributed by atoms with Gasteiger partial charge in [0.15, 0.2) is 0 Å². The van der Waals surface area contributed by atoms with Gasteiger partial charge in [0.25, 0.3) is 0 Å². The Morgan fingerprint density at radius 1 is 0.688 bits per heavy atom. The number of amides is 1. The predicted octanol–water partition coefficient (Wildman–Crippen LogP) is 9.96. The summed E-state index contributed by atoms with van der Waals surface area (Å²) in [6, 6.07) is -0.863. The number of allylic oxidation sites excluding steroid dienone is 5. The number of rotatable bonds is 34. The fourth-order valence-electron chi connectivity index (χ4n) is 5.17. The molecule has 3 unspecified atom stereocenters. The molecule has 0 fully saturated rings. The molecule has 1 amide bonds. The van der Waals surface area contributed by atoms with Gasteiger partial charge in [-0.2, -0.15) is 0 Å². The van der Waals surface area contributed by atoms with Gasteiger partial charge in [0.05, 0.1) is 39.9 Å².